The van der Waals surface area contributed by atoms with E-state index in [-0.39, 0.29) is 5.95 Å². The van der Waals surface area contributed by atoms with E-state index in [2.05, 4.69) is 15.3 Å². The summed E-state index contributed by atoms with van der Waals surface area (Å²) in [5.41, 5.74) is -0.701. The quantitative estimate of drug-likeness (QED) is 0.536. The lowest BCUT2D eigenvalue weighted by Gasteiger charge is -2.04. The average Bonchev–Trinajstić information content (AvgIpc) is 1.99. The number of aromatic amines is 1. The first kappa shape index (κ1) is 9.17. The van der Waals surface area contributed by atoms with E-state index in [1.54, 1.807) is 0 Å². The van der Waals surface area contributed by atoms with E-state index in [0.29, 0.717) is 6.07 Å². The standard InChI is InChI=1S/C6H6FN3O3/c7-3-1-4(11)10-6(9-3)8-2-5(12)13/h1H,2H2,(H,12,13)(H2,8,9,10,11)/p-1. The minimum absolute atomic E-state index is 0.241. The molecule has 0 saturated heterocycles. The minimum atomic E-state index is -1.38. The maximum Gasteiger partial charge on any atom is 0.255 e. The fraction of sp³-hybridized carbons (Fsp3) is 0.167. The molecular weight excluding hydrogens is 181 g/mol. The van der Waals surface area contributed by atoms with Gasteiger partial charge in [-0.25, -0.2) is 0 Å². The Morgan fingerprint density at radius 3 is 3.00 bits per heavy atom. The SMILES string of the molecule is O=C([O-])CNc1nc(F)cc(=O)[nH]1. The third-order valence-electron chi connectivity index (χ3n) is 1.11. The van der Waals surface area contributed by atoms with E-state index in [1.807, 2.05) is 0 Å². The molecule has 7 heteroatoms. The van der Waals surface area contributed by atoms with Crippen LogP contribution in [0.4, 0.5) is 10.3 Å². The third-order valence-corrected chi connectivity index (χ3v) is 1.11. The Bertz CT molecular complexity index is 376. The molecule has 0 bridgehead atoms. The van der Waals surface area contributed by atoms with Crippen molar-refractivity contribution in [3.05, 3.63) is 22.4 Å². The highest BCUT2D eigenvalue weighted by Gasteiger charge is 1.98. The van der Waals surface area contributed by atoms with Crippen LogP contribution in [-0.2, 0) is 4.79 Å². The summed E-state index contributed by atoms with van der Waals surface area (Å²) in [7, 11) is 0. The van der Waals surface area contributed by atoms with Crippen LogP contribution in [-0.4, -0.2) is 22.5 Å². The van der Waals surface area contributed by atoms with Crippen LogP contribution in [0.5, 0.6) is 0 Å². The van der Waals surface area contributed by atoms with Crippen LogP contribution >= 0.6 is 0 Å². The summed E-state index contributed by atoms with van der Waals surface area (Å²) in [4.78, 5) is 25.8. The molecule has 1 aromatic rings. The van der Waals surface area contributed by atoms with Crippen LogP contribution in [0.2, 0.25) is 0 Å². The van der Waals surface area contributed by atoms with E-state index >= 15 is 0 Å². The molecule has 0 saturated carbocycles. The molecule has 1 rings (SSSR count). The Kier molecular flexibility index (Phi) is 2.58. The van der Waals surface area contributed by atoms with Crippen LogP contribution in [0.3, 0.4) is 0 Å². The van der Waals surface area contributed by atoms with Gasteiger partial charge >= 0.3 is 0 Å². The Morgan fingerprint density at radius 1 is 1.77 bits per heavy atom. The monoisotopic (exact) mass is 186 g/mol. The molecule has 13 heavy (non-hydrogen) atoms. The van der Waals surface area contributed by atoms with E-state index < -0.39 is 24.0 Å². The van der Waals surface area contributed by atoms with Crippen LogP contribution < -0.4 is 16.0 Å². The molecule has 0 unspecified atom stereocenters. The lowest BCUT2D eigenvalue weighted by Crippen LogP contribution is -2.31. The molecule has 2 N–H and O–H groups in total. The van der Waals surface area contributed by atoms with Crippen molar-refractivity contribution in [3.63, 3.8) is 0 Å². The normalized spacial score (nSPS) is 9.62. The number of rotatable bonds is 3. The number of nitrogens with zero attached hydrogens (tertiary/aromatic N) is 1. The molecule has 0 fully saturated rings. The van der Waals surface area contributed by atoms with Gasteiger partial charge in [0.1, 0.15) is 0 Å². The van der Waals surface area contributed by atoms with Crippen molar-refractivity contribution < 1.29 is 14.3 Å². The number of aromatic nitrogens is 2. The number of carboxylic acids is 1. The molecule has 0 aliphatic carbocycles. The van der Waals surface area contributed by atoms with Crippen molar-refractivity contribution in [2.24, 2.45) is 0 Å². The second-order valence-corrected chi connectivity index (χ2v) is 2.14. The molecule has 6 nitrogen and oxygen atoms in total. The van der Waals surface area contributed by atoms with Gasteiger partial charge in [-0.1, -0.05) is 0 Å². The molecule has 0 atom stereocenters. The Labute approximate surface area is 71.4 Å². The average molecular weight is 186 g/mol. The van der Waals surface area contributed by atoms with Crippen LogP contribution in [0.1, 0.15) is 0 Å². The van der Waals surface area contributed by atoms with Crippen molar-refractivity contribution in [2.45, 2.75) is 0 Å². The van der Waals surface area contributed by atoms with Crippen molar-refractivity contribution in [2.75, 3.05) is 11.9 Å². The molecular formula is C6H5FN3O3-. The van der Waals surface area contributed by atoms with Crippen LogP contribution in [0.15, 0.2) is 10.9 Å². The maximum absolute atomic E-state index is 12.4. The number of anilines is 1. The highest BCUT2D eigenvalue weighted by Crippen LogP contribution is 1.93. The zero-order valence-corrected chi connectivity index (χ0v) is 6.33. The number of carbonyl (C=O) groups is 1. The topological polar surface area (TPSA) is 97.9 Å². The summed E-state index contributed by atoms with van der Waals surface area (Å²) in [6, 6.07) is 0.643. The van der Waals surface area contributed by atoms with Crippen LogP contribution in [0, 0.1) is 5.95 Å². The highest BCUT2D eigenvalue weighted by molar-refractivity contribution is 5.69. The Balaban J connectivity index is 2.77. The molecule has 0 amide bonds. The molecule has 1 heterocycles. The first-order valence-electron chi connectivity index (χ1n) is 3.28. The molecule has 0 aliphatic rings. The second kappa shape index (κ2) is 3.65. The lowest BCUT2D eigenvalue weighted by atomic mass is 10.6. The summed E-state index contributed by atoms with van der Waals surface area (Å²) in [5.74, 6) is -2.61. The van der Waals surface area contributed by atoms with Gasteiger partial charge in [-0.15, -0.1) is 0 Å². The number of carbonyl (C=O) groups excluding carboxylic acids is 1. The van der Waals surface area contributed by atoms with Crippen molar-refractivity contribution in [1.29, 1.82) is 0 Å². The first-order valence-corrected chi connectivity index (χ1v) is 3.28. The smallest absolute Gasteiger partial charge is 0.255 e. The zero-order chi connectivity index (χ0) is 9.84. The first-order chi connectivity index (χ1) is 6.08. The van der Waals surface area contributed by atoms with Gasteiger partial charge in [-0.3, -0.25) is 9.78 Å². The fourth-order valence-corrected chi connectivity index (χ4v) is 0.668. The summed E-state index contributed by atoms with van der Waals surface area (Å²) in [6.07, 6.45) is 0. The van der Waals surface area contributed by atoms with Gasteiger partial charge in [0.15, 0.2) is 0 Å². The number of halogens is 1. The summed E-state index contributed by atoms with van der Waals surface area (Å²) in [5, 5.41) is 12.1. The van der Waals surface area contributed by atoms with Gasteiger partial charge in [-0.2, -0.15) is 9.37 Å². The number of H-pyrrole nitrogens is 1. The largest absolute Gasteiger partial charge is 0.548 e. The number of aliphatic carboxylic acids is 1. The minimum Gasteiger partial charge on any atom is -0.548 e. The Hall–Kier alpha value is -1.92. The summed E-state index contributed by atoms with van der Waals surface area (Å²) >= 11 is 0. The molecule has 70 valence electrons. The summed E-state index contributed by atoms with van der Waals surface area (Å²) < 4.78 is 12.4. The molecule has 0 aromatic carbocycles. The van der Waals surface area contributed by atoms with Gasteiger partial charge in [0, 0.05) is 0 Å². The van der Waals surface area contributed by atoms with Crippen molar-refractivity contribution in [1.82, 2.24) is 9.97 Å². The van der Waals surface area contributed by atoms with E-state index in [0.717, 1.165) is 0 Å². The maximum atomic E-state index is 12.4. The van der Waals surface area contributed by atoms with E-state index in [9.17, 15) is 19.1 Å². The molecule has 0 radical (unpaired) electrons. The van der Waals surface area contributed by atoms with Gasteiger partial charge in [0.2, 0.25) is 11.9 Å². The number of hydrogen-bond donors (Lipinski definition) is 2. The van der Waals surface area contributed by atoms with Crippen molar-refractivity contribution in [3.8, 4) is 0 Å². The van der Waals surface area contributed by atoms with Crippen LogP contribution in [0.25, 0.3) is 0 Å². The Morgan fingerprint density at radius 2 is 2.46 bits per heavy atom. The highest BCUT2D eigenvalue weighted by atomic mass is 19.1. The van der Waals surface area contributed by atoms with Crippen molar-refractivity contribution >= 4 is 11.9 Å². The second-order valence-electron chi connectivity index (χ2n) is 2.14. The van der Waals surface area contributed by atoms with Gasteiger partial charge in [-0.05, 0) is 0 Å². The van der Waals surface area contributed by atoms with E-state index in [4.69, 9.17) is 0 Å². The van der Waals surface area contributed by atoms with Gasteiger partial charge in [0.05, 0.1) is 18.6 Å². The molecule has 1 aromatic heterocycles. The number of carboxylic acid groups (broad SMARTS) is 1. The summed E-state index contributed by atoms with van der Waals surface area (Å²) in [6.45, 7) is -0.549. The lowest BCUT2D eigenvalue weighted by molar-refractivity contribution is -0.302. The predicted octanol–water partition coefficient (Wildman–Crippen LogP) is -1.93. The molecule has 0 aliphatic heterocycles. The number of hydrogen-bond acceptors (Lipinski definition) is 5. The van der Waals surface area contributed by atoms with Gasteiger partial charge < -0.3 is 15.2 Å². The van der Waals surface area contributed by atoms with E-state index in [1.165, 1.54) is 0 Å². The molecule has 0 spiro atoms. The predicted molar refractivity (Wildman–Crippen MR) is 38.3 cm³/mol. The van der Waals surface area contributed by atoms with Gasteiger partial charge in [0.25, 0.3) is 5.56 Å². The third kappa shape index (κ3) is 2.89. The number of nitrogens with one attached hydrogen (secondary N) is 2. The fourth-order valence-electron chi connectivity index (χ4n) is 0.668. The zero-order valence-electron chi connectivity index (χ0n) is 6.33.